The standard InChI is InChI=1S/C16H27N3O2/c1-4-19(5-2)11-7-10-18-16(20)14-9-8-13(17)12-15(14)21-6-3/h8-9,12H,4-7,10-11,17H2,1-3H3,(H,18,20). The van der Waals surface area contributed by atoms with E-state index in [2.05, 4.69) is 24.1 Å². The molecule has 5 nitrogen and oxygen atoms in total. The number of ether oxygens (including phenoxy) is 1. The summed E-state index contributed by atoms with van der Waals surface area (Å²) in [5.74, 6) is 0.428. The Balaban J connectivity index is 2.52. The lowest BCUT2D eigenvalue weighted by molar-refractivity contribution is 0.0948. The van der Waals surface area contributed by atoms with Crippen LogP contribution in [0.2, 0.25) is 0 Å². The number of nitrogen functional groups attached to an aromatic ring is 1. The largest absolute Gasteiger partial charge is 0.493 e. The summed E-state index contributed by atoms with van der Waals surface area (Å²) in [5.41, 5.74) is 6.86. The highest BCUT2D eigenvalue weighted by Gasteiger charge is 2.12. The van der Waals surface area contributed by atoms with E-state index in [9.17, 15) is 4.79 Å². The van der Waals surface area contributed by atoms with Crippen LogP contribution in [-0.2, 0) is 0 Å². The van der Waals surface area contributed by atoms with E-state index in [-0.39, 0.29) is 5.91 Å². The summed E-state index contributed by atoms with van der Waals surface area (Å²) in [6, 6.07) is 5.11. The minimum atomic E-state index is -0.113. The van der Waals surface area contributed by atoms with E-state index >= 15 is 0 Å². The van der Waals surface area contributed by atoms with Crippen LogP contribution in [0.1, 0.15) is 37.6 Å². The third-order valence-electron chi connectivity index (χ3n) is 3.38. The number of nitrogens with zero attached hydrogens (tertiary/aromatic N) is 1. The highest BCUT2D eigenvalue weighted by atomic mass is 16.5. The third kappa shape index (κ3) is 5.63. The molecule has 0 heterocycles. The summed E-state index contributed by atoms with van der Waals surface area (Å²) >= 11 is 0. The van der Waals surface area contributed by atoms with Crippen molar-refractivity contribution in [3.05, 3.63) is 23.8 Å². The molecule has 1 amide bonds. The van der Waals surface area contributed by atoms with Gasteiger partial charge in [-0.25, -0.2) is 0 Å². The molecule has 0 aliphatic heterocycles. The van der Waals surface area contributed by atoms with Crippen molar-refractivity contribution >= 4 is 11.6 Å². The Morgan fingerprint density at radius 1 is 1.29 bits per heavy atom. The van der Waals surface area contributed by atoms with Gasteiger partial charge < -0.3 is 20.7 Å². The van der Waals surface area contributed by atoms with Gasteiger partial charge in [0, 0.05) is 18.3 Å². The zero-order valence-electron chi connectivity index (χ0n) is 13.3. The number of nitrogens with one attached hydrogen (secondary N) is 1. The SMILES string of the molecule is CCOc1cc(N)ccc1C(=O)NCCCN(CC)CC. The lowest BCUT2D eigenvalue weighted by atomic mass is 10.1. The van der Waals surface area contributed by atoms with Crippen molar-refractivity contribution in [2.75, 3.05) is 38.5 Å². The molecule has 0 saturated carbocycles. The van der Waals surface area contributed by atoms with Crippen LogP contribution in [0, 0.1) is 0 Å². The van der Waals surface area contributed by atoms with Crippen molar-refractivity contribution in [2.45, 2.75) is 27.2 Å². The highest BCUT2D eigenvalue weighted by molar-refractivity contribution is 5.97. The van der Waals surface area contributed by atoms with Crippen molar-refractivity contribution < 1.29 is 9.53 Å². The van der Waals surface area contributed by atoms with Crippen molar-refractivity contribution in [1.29, 1.82) is 0 Å². The molecule has 5 heteroatoms. The summed E-state index contributed by atoms with van der Waals surface area (Å²) in [6.45, 7) is 10.4. The van der Waals surface area contributed by atoms with Crippen LogP contribution in [-0.4, -0.2) is 43.6 Å². The second-order valence-electron chi connectivity index (χ2n) is 4.82. The first-order chi connectivity index (χ1) is 10.1. The van der Waals surface area contributed by atoms with Crippen LogP contribution in [0.25, 0.3) is 0 Å². The molecule has 21 heavy (non-hydrogen) atoms. The fraction of sp³-hybridized carbons (Fsp3) is 0.562. The van der Waals surface area contributed by atoms with Gasteiger partial charge in [-0.05, 0) is 45.1 Å². The van der Waals surface area contributed by atoms with Gasteiger partial charge in [-0.1, -0.05) is 13.8 Å². The summed E-state index contributed by atoms with van der Waals surface area (Å²) in [5, 5.41) is 2.93. The van der Waals surface area contributed by atoms with Crippen LogP contribution in [0.3, 0.4) is 0 Å². The molecule has 0 saturated heterocycles. The van der Waals surface area contributed by atoms with Gasteiger partial charge in [-0.3, -0.25) is 4.79 Å². The van der Waals surface area contributed by atoms with Crippen LogP contribution in [0.15, 0.2) is 18.2 Å². The molecule has 0 aliphatic rings. The monoisotopic (exact) mass is 293 g/mol. The Labute approximate surface area is 127 Å². The van der Waals surface area contributed by atoms with E-state index in [0.29, 0.717) is 30.2 Å². The number of hydrogen-bond donors (Lipinski definition) is 2. The van der Waals surface area contributed by atoms with Gasteiger partial charge in [0.15, 0.2) is 0 Å². The highest BCUT2D eigenvalue weighted by Crippen LogP contribution is 2.21. The lowest BCUT2D eigenvalue weighted by Gasteiger charge is -2.18. The molecule has 0 fully saturated rings. The first-order valence-corrected chi connectivity index (χ1v) is 7.65. The third-order valence-corrected chi connectivity index (χ3v) is 3.38. The molecule has 1 aromatic carbocycles. The van der Waals surface area contributed by atoms with E-state index in [1.807, 2.05) is 6.92 Å². The minimum Gasteiger partial charge on any atom is -0.493 e. The Morgan fingerprint density at radius 2 is 2.00 bits per heavy atom. The second-order valence-corrected chi connectivity index (χ2v) is 4.82. The molecule has 0 bridgehead atoms. The molecule has 0 atom stereocenters. The topological polar surface area (TPSA) is 67.6 Å². The Hall–Kier alpha value is -1.75. The molecule has 1 aromatic rings. The quantitative estimate of drug-likeness (QED) is 0.540. The van der Waals surface area contributed by atoms with Crippen molar-refractivity contribution in [3.8, 4) is 5.75 Å². The van der Waals surface area contributed by atoms with Crippen LogP contribution in [0.4, 0.5) is 5.69 Å². The molecule has 0 radical (unpaired) electrons. The molecule has 0 aromatic heterocycles. The average Bonchev–Trinajstić information content (AvgIpc) is 2.47. The van der Waals surface area contributed by atoms with E-state index in [1.54, 1.807) is 18.2 Å². The zero-order valence-corrected chi connectivity index (χ0v) is 13.3. The fourth-order valence-corrected chi connectivity index (χ4v) is 2.14. The number of benzene rings is 1. The molecule has 118 valence electrons. The Morgan fingerprint density at radius 3 is 2.62 bits per heavy atom. The summed E-state index contributed by atoms with van der Waals surface area (Å²) in [6.07, 6.45) is 0.937. The average molecular weight is 293 g/mol. The number of rotatable bonds is 9. The van der Waals surface area contributed by atoms with Gasteiger partial charge in [0.2, 0.25) is 0 Å². The maximum atomic E-state index is 12.2. The summed E-state index contributed by atoms with van der Waals surface area (Å²) in [7, 11) is 0. The predicted octanol–water partition coefficient (Wildman–Crippen LogP) is 2.13. The molecule has 0 unspecified atom stereocenters. The molecule has 0 aliphatic carbocycles. The molecular weight excluding hydrogens is 266 g/mol. The van der Waals surface area contributed by atoms with Crippen LogP contribution < -0.4 is 15.8 Å². The molecule has 0 spiro atoms. The van der Waals surface area contributed by atoms with Gasteiger partial charge in [0.1, 0.15) is 5.75 Å². The van der Waals surface area contributed by atoms with Crippen molar-refractivity contribution in [2.24, 2.45) is 0 Å². The zero-order chi connectivity index (χ0) is 15.7. The van der Waals surface area contributed by atoms with Gasteiger partial charge >= 0.3 is 0 Å². The number of carbonyl (C=O) groups excluding carboxylic acids is 1. The number of amides is 1. The Bertz CT molecular complexity index is 445. The second kappa shape index (κ2) is 9.23. The van der Waals surface area contributed by atoms with Crippen LogP contribution in [0.5, 0.6) is 5.75 Å². The maximum Gasteiger partial charge on any atom is 0.255 e. The number of carbonyl (C=O) groups is 1. The van der Waals surface area contributed by atoms with Crippen molar-refractivity contribution in [1.82, 2.24) is 10.2 Å². The van der Waals surface area contributed by atoms with E-state index in [1.165, 1.54) is 0 Å². The number of anilines is 1. The molecular formula is C16H27N3O2. The fourth-order valence-electron chi connectivity index (χ4n) is 2.14. The van der Waals surface area contributed by atoms with Gasteiger partial charge in [0.05, 0.1) is 12.2 Å². The predicted molar refractivity (Wildman–Crippen MR) is 86.8 cm³/mol. The van der Waals surface area contributed by atoms with Gasteiger partial charge in [-0.2, -0.15) is 0 Å². The van der Waals surface area contributed by atoms with Crippen molar-refractivity contribution in [3.63, 3.8) is 0 Å². The number of hydrogen-bond acceptors (Lipinski definition) is 4. The van der Waals surface area contributed by atoms with Gasteiger partial charge in [-0.15, -0.1) is 0 Å². The normalized spacial score (nSPS) is 10.7. The first-order valence-electron chi connectivity index (χ1n) is 7.65. The maximum absolute atomic E-state index is 12.2. The summed E-state index contributed by atoms with van der Waals surface area (Å²) in [4.78, 5) is 14.5. The molecule has 3 N–H and O–H groups in total. The minimum absolute atomic E-state index is 0.113. The number of nitrogens with two attached hydrogens (primary N) is 1. The van der Waals surface area contributed by atoms with Gasteiger partial charge in [0.25, 0.3) is 5.91 Å². The van der Waals surface area contributed by atoms with E-state index in [4.69, 9.17) is 10.5 Å². The smallest absolute Gasteiger partial charge is 0.255 e. The lowest BCUT2D eigenvalue weighted by Crippen LogP contribution is -2.30. The first kappa shape index (κ1) is 17.3. The summed E-state index contributed by atoms with van der Waals surface area (Å²) < 4.78 is 5.47. The van der Waals surface area contributed by atoms with E-state index in [0.717, 1.165) is 26.1 Å². The molecule has 1 rings (SSSR count). The van der Waals surface area contributed by atoms with Crippen LogP contribution >= 0.6 is 0 Å². The van der Waals surface area contributed by atoms with E-state index < -0.39 is 0 Å². The Kier molecular flexibility index (Phi) is 7.61.